The van der Waals surface area contributed by atoms with E-state index >= 15 is 0 Å². The van der Waals surface area contributed by atoms with Crippen LogP contribution in [-0.2, 0) is 0 Å². The molecule has 0 aliphatic heterocycles. The standard InChI is InChI=1S/C10H16/c1-4-9-7-6-8(3)10(9)5-2/h4,9-10H,1,3,5-7H2,2H3. The zero-order chi connectivity index (χ0) is 7.56. The highest BCUT2D eigenvalue weighted by atomic mass is 14.3. The van der Waals surface area contributed by atoms with Crippen molar-refractivity contribution in [2.75, 3.05) is 0 Å². The molecule has 0 N–H and O–H groups in total. The Morgan fingerprint density at radius 1 is 1.70 bits per heavy atom. The highest BCUT2D eigenvalue weighted by molar-refractivity contribution is 5.12. The predicted molar refractivity (Wildman–Crippen MR) is 45.8 cm³/mol. The Bertz CT molecular complexity index is 144. The third-order valence-electron chi connectivity index (χ3n) is 2.58. The molecular formula is C10H16. The summed E-state index contributed by atoms with van der Waals surface area (Å²) in [4.78, 5) is 0. The van der Waals surface area contributed by atoms with E-state index in [1.54, 1.807) is 0 Å². The smallest absolute Gasteiger partial charge is 0.0146 e. The van der Waals surface area contributed by atoms with Gasteiger partial charge in [-0.05, 0) is 31.1 Å². The van der Waals surface area contributed by atoms with Gasteiger partial charge in [-0.3, -0.25) is 0 Å². The molecule has 0 heterocycles. The minimum atomic E-state index is 0.720. The van der Waals surface area contributed by atoms with Crippen molar-refractivity contribution in [1.29, 1.82) is 0 Å². The molecule has 10 heavy (non-hydrogen) atoms. The van der Waals surface area contributed by atoms with Crippen LogP contribution in [-0.4, -0.2) is 0 Å². The quantitative estimate of drug-likeness (QED) is 0.511. The molecule has 0 nitrogen and oxygen atoms in total. The van der Waals surface area contributed by atoms with E-state index in [2.05, 4.69) is 26.2 Å². The van der Waals surface area contributed by atoms with E-state index in [0.29, 0.717) is 0 Å². The van der Waals surface area contributed by atoms with Gasteiger partial charge in [0.1, 0.15) is 0 Å². The van der Waals surface area contributed by atoms with Crippen LogP contribution in [0.25, 0.3) is 0 Å². The van der Waals surface area contributed by atoms with Gasteiger partial charge >= 0.3 is 0 Å². The Morgan fingerprint density at radius 2 is 2.40 bits per heavy atom. The average molecular weight is 136 g/mol. The summed E-state index contributed by atoms with van der Waals surface area (Å²) < 4.78 is 0. The van der Waals surface area contributed by atoms with Gasteiger partial charge in [0, 0.05) is 0 Å². The minimum Gasteiger partial charge on any atom is -0.103 e. The molecule has 2 unspecified atom stereocenters. The zero-order valence-electron chi connectivity index (χ0n) is 6.77. The topological polar surface area (TPSA) is 0 Å². The fourth-order valence-corrected chi connectivity index (χ4v) is 1.91. The first kappa shape index (κ1) is 7.59. The monoisotopic (exact) mass is 136 g/mol. The second kappa shape index (κ2) is 3.05. The number of allylic oxidation sites excluding steroid dienone is 2. The minimum absolute atomic E-state index is 0.720. The number of rotatable bonds is 2. The van der Waals surface area contributed by atoms with E-state index in [-0.39, 0.29) is 0 Å². The second-order valence-corrected chi connectivity index (χ2v) is 3.11. The molecule has 0 bridgehead atoms. The maximum atomic E-state index is 4.06. The summed E-state index contributed by atoms with van der Waals surface area (Å²) in [5.74, 6) is 1.45. The fraction of sp³-hybridized carbons (Fsp3) is 0.600. The summed E-state index contributed by atoms with van der Waals surface area (Å²) in [5, 5.41) is 0. The van der Waals surface area contributed by atoms with Crippen LogP contribution in [0.15, 0.2) is 24.8 Å². The molecule has 1 fully saturated rings. The van der Waals surface area contributed by atoms with E-state index in [4.69, 9.17) is 0 Å². The maximum absolute atomic E-state index is 4.06. The van der Waals surface area contributed by atoms with Crippen molar-refractivity contribution < 1.29 is 0 Å². The van der Waals surface area contributed by atoms with Gasteiger partial charge in [0.15, 0.2) is 0 Å². The summed E-state index contributed by atoms with van der Waals surface area (Å²) in [7, 11) is 0. The van der Waals surface area contributed by atoms with Crippen molar-refractivity contribution in [1.82, 2.24) is 0 Å². The zero-order valence-corrected chi connectivity index (χ0v) is 6.77. The van der Waals surface area contributed by atoms with Gasteiger partial charge in [-0.2, -0.15) is 0 Å². The molecule has 0 aromatic carbocycles. The van der Waals surface area contributed by atoms with E-state index < -0.39 is 0 Å². The third-order valence-corrected chi connectivity index (χ3v) is 2.58. The highest BCUT2D eigenvalue weighted by Crippen LogP contribution is 2.37. The Morgan fingerprint density at radius 3 is 2.80 bits per heavy atom. The molecule has 2 atom stereocenters. The van der Waals surface area contributed by atoms with Gasteiger partial charge in [0.05, 0.1) is 0 Å². The largest absolute Gasteiger partial charge is 0.103 e. The van der Waals surface area contributed by atoms with Crippen LogP contribution in [0.3, 0.4) is 0 Å². The Labute approximate surface area is 63.6 Å². The van der Waals surface area contributed by atoms with Gasteiger partial charge < -0.3 is 0 Å². The van der Waals surface area contributed by atoms with E-state index in [0.717, 1.165) is 11.8 Å². The summed E-state index contributed by atoms with van der Waals surface area (Å²) >= 11 is 0. The molecule has 1 rings (SSSR count). The molecule has 0 aromatic rings. The number of hydrogen-bond donors (Lipinski definition) is 0. The van der Waals surface area contributed by atoms with Crippen LogP contribution in [0.4, 0.5) is 0 Å². The summed E-state index contributed by atoms with van der Waals surface area (Å²) in [6, 6.07) is 0. The number of hydrogen-bond acceptors (Lipinski definition) is 0. The normalized spacial score (nSPS) is 32.7. The van der Waals surface area contributed by atoms with Crippen LogP contribution in [0, 0.1) is 11.8 Å². The van der Waals surface area contributed by atoms with Crippen molar-refractivity contribution in [3.63, 3.8) is 0 Å². The Balaban J connectivity index is 2.62. The SMILES string of the molecule is C=CC1CCC(=C)C1CC. The van der Waals surface area contributed by atoms with Crippen LogP contribution < -0.4 is 0 Å². The molecule has 56 valence electrons. The lowest BCUT2D eigenvalue weighted by atomic mass is 9.92. The summed E-state index contributed by atoms with van der Waals surface area (Å²) in [6.45, 7) is 10.1. The van der Waals surface area contributed by atoms with E-state index in [1.165, 1.54) is 24.8 Å². The lowest BCUT2D eigenvalue weighted by Crippen LogP contribution is -2.03. The van der Waals surface area contributed by atoms with Crippen LogP contribution in [0.2, 0.25) is 0 Å². The van der Waals surface area contributed by atoms with Crippen LogP contribution >= 0.6 is 0 Å². The van der Waals surface area contributed by atoms with Gasteiger partial charge in [-0.25, -0.2) is 0 Å². The van der Waals surface area contributed by atoms with Crippen molar-refractivity contribution in [2.45, 2.75) is 26.2 Å². The van der Waals surface area contributed by atoms with Crippen molar-refractivity contribution in [3.05, 3.63) is 24.8 Å². The molecule has 0 amide bonds. The van der Waals surface area contributed by atoms with Gasteiger partial charge in [0.2, 0.25) is 0 Å². The van der Waals surface area contributed by atoms with Crippen molar-refractivity contribution >= 4 is 0 Å². The van der Waals surface area contributed by atoms with Gasteiger partial charge in [-0.15, -0.1) is 6.58 Å². The van der Waals surface area contributed by atoms with E-state index in [9.17, 15) is 0 Å². The van der Waals surface area contributed by atoms with Crippen molar-refractivity contribution in [3.8, 4) is 0 Å². The molecule has 0 saturated heterocycles. The van der Waals surface area contributed by atoms with Crippen LogP contribution in [0.1, 0.15) is 26.2 Å². The van der Waals surface area contributed by atoms with Crippen LogP contribution in [0.5, 0.6) is 0 Å². The molecule has 0 aromatic heterocycles. The second-order valence-electron chi connectivity index (χ2n) is 3.11. The van der Waals surface area contributed by atoms with Gasteiger partial charge in [-0.1, -0.05) is 25.2 Å². The molecule has 1 aliphatic rings. The molecule has 0 spiro atoms. The first-order valence-corrected chi connectivity index (χ1v) is 4.09. The molecule has 1 aliphatic carbocycles. The molecular weight excluding hydrogens is 120 g/mol. The summed E-state index contributed by atoms with van der Waals surface area (Å²) in [5.41, 5.74) is 1.44. The Kier molecular flexibility index (Phi) is 2.31. The van der Waals surface area contributed by atoms with Crippen molar-refractivity contribution in [2.24, 2.45) is 11.8 Å². The third kappa shape index (κ3) is 1.16. The molecule has 0 radical (unpaired) electrons. The van der Waals surface area contributed by atoms with Gasteiger partial charge in [0.25, 0.3) is 0 Å². The highest BCUT2D eigenvalue weighted by Gasteiger charge is 2.25. The predicted octanol–water partition coefficient (Wildman–Crippen LogP) is 3.16. The fourth-order valence-electron chi connectivity index (χ4n) is 1.91. The first-order chi connectivity index (χ1) is 4.79. The average Bonchev–Trinajstić information content (AvgIpc) is 2.30. The van der Waals surface area contributed by atoms with E-state index in [1.807, 2.05) is 0 Å². The summed E-state index contributed by atoms with van der Waals surface area (Å²) in [6.07, 6.45) is 5.82. The Hall–Kier alpha value is -0.520. The molecule has 0 heteroatoms. The molecule has 1 saturated carbocycles. The lowest BCUT2D eigenvalue weighted by molar-refractivity contribution is 0.494. The first-order valence-electron chi connectivity index (χ1n) is 4.09. The lowest BCUT2D eigenvalue weighted by Gasteiger charge is -2.13. The maximum Gasteiger partial charge on any atom is -0.0146 e.